The van der Waals surface area contributed by atoms with Gasteiger partial charge in [-0.1, -0.05) is 13.8 Å². The van der Waals surface area contributed by atoms with E-state index in [9.17, 15) is 0 Å². The molecule has 16 heavy (non-hydrogen) atoms. The lowest BCUT2D eigenvalue weighted by Crippen LogP contribution is -2.52. The Kier molecular flexibility index (Phi) is 5.94. The van der Waals surface area contributed by atoms with Gasteiger partial charge in [-0.3, -0.25) is 0 Å². The van der Waals surface area contributed by atoms with Gasteiger partial charge in [-0.25, -0.2) is 0 Å². The van der Waals surface area contributed by atoms with Gasteiger partial charge < -0.3 is 15.4 Å². The van der Waals surface area contributed by atoms with E-state index in [0.29, 0.717) is 6.10 Å². The number of ether oxygens (including phenoxy) is 1. The number of nitrogens with zero attached hydrogens (tertiary/aromatic N) is 1. The molecular formula is C13H30N2O. The van der Waals surface area contributed by atoms with Crippen LogP contribution in [0.5, 0.6) is 0 Å². The molecule has 0 aliphatic carbocycles. The first kappa shape index (κ1) is 15.9. The maximum absolute atomic E-state index is 6.18. The molecule has 3 nitrogen and oxygen atoms in total. The SMILES string of the molecule is CC(C)OCCN(C)CC(C)(C)C(C)(C)N. The second-order valence-corrected chi connectivity index (χ2v) is 6.26. The highest BCUT2D eigenvalue weighted by Crippen LogP contribution is 2.28. The predicted octanol–water partition coefficient (Wildman–Crippen LogP) is 2.11. The molecule has 0 saturated carbocycles. The lowest BCUT2D eigenvalue weighted by molar-refractivity contribution is 0.0496. The predicted molar refractivity (Wildman–Crippen MR) is 70.6 cm³/mol. The van der Waals surface area contributed by atoms with Gasteiger partial charge in [-0.2, -0.15) is 0 Å². The maximum Gasteiger partial charge on any atom is 0.0596 e. The average Bonchev–Trinajstić information content (AvgIpc) is 1.99. The van der Waals surface area contributed by atoms with Crippen LogP contribution in [-0.2, 0) is 4.74 Å². The Labute approximate surface area is 101 Å². The fourth-order valence-electron chi connectivity index (χ4n) is 1.40. The molecule has 0 bridgehead atoms. The number of hydrogen-bond donors (Lipinski definition) is 1. The zero-order chi connectivity index (χ0) is 13.0. The maximum atomic E-state index is 6.18. The number of nitrogens with two attached hydrogens (primary N) is 1. The second-order valence-electron chi connectivity index (χ2n) is 6.26. The lowest BCUT2D eigenvalue weighted by Gasteiger charge is -2.41. The summed E-state index contributed by atoms with van der Waals surface area (Å²) < 4.78 is 5.54. The van der Waals surface area contributed by atoms with E-state index in [0.717, 1.165) is 19.7 Å². The van der Waals surface area contributed by atoms with Crippen LogP contribution in [0, 0.1) is 5.41 Å². The van der Waals surface area contributed by atoms with Crippen molar-refractivity contribution in [3.63, 3.8) is 0 Å². The highest BCUT2D eigenvalue weighted by Gasteiger charge is 2.34. The summed E-state index contributed by atoms with van der Waals surface area (Å²) in [6, 6.07) is 0. The summed E-state index contributed by atoms with van der Waals surface area (Å²) in [5.41, 5.74) is 6.11. The molecule has 0 spiro atoms. The van der Waals surface area contributed by atoms with Gasteiger partial charge in [0.2, 0.25) is 0 Å². The van der Waals surface area contributed by atoms with Gasteiger partial charge in [0.15, 0.2) is 0 Å². The molecule has 0 atom stereocenters. The molecule has 0 aromatic heterocycles. The van der Waals surface area contributed by atoms with Crippen molar-refractivity contribution in [1.82, 2.24) is 4.90 Å². The van der Waals surface area contributed by atoms with Gasteiger partial charge in [-0.15, -0.1) is 0 Å². The third-order valence-corrected chi connectivity index (χ3v) is 3.33. The molecule has 3 heteroatoms. The summed E-state index contributed by atoms with van der Waals surface area (Å²) in [5, 5.41) is 0. The summed E-state index contributed by atoms with van der Waals surface area (Å²) in [5.74, 6) is 0. The average molecular weight is 230 g/mol. The topological polar surface area (TPSA) is 38.5 Å². The van der Waals surface area contributed by atoms with Crippen molar-refractivity contribution in [3.8, 4) is 0 Å². The Morgan fingerprint density at radius 2 is 1.69 bits per heavy atom. The zero-order valence-corrected chi connectivity index (χ0v) is 12.1. The molecule has 0 aromatic rings. The van der Waals surface area contributed by atoms with Crippen LogP contribution >= 0.6 is 0 Å². The summed E-state index contributed by atoms with van der Waals surface area (Å²) in [7, 11) is 2.12. The van der Waals surface area contributed by atoms with E-state index in [1.165, 1.54) is 0 Å². The first-order chi connectivity index (χ1) is 7.06. The minimum Gasteiger partial charge on any atom is -0.377 e. The van der Waals surface area contributed by atoms with Gasteiger partial charge in [0.1, 0.15) is 0 Å². The first-order valence-electron chi connectivity index (χ1n) is 6.15. The van der Waals surface area contributed by atoms with Crippen molar-refractivity contribution in [2.45, 2.75) is 53.2 Å². The molecule has 2 N–H and O–H groups in total. The van der Waals surface area contributed by atoms with Crippen LogP contribution < -0.4 is 5.73 Å². The molecule has 0 saturated heterocycles. The van der Waals surface area contributed by atoms with Crippen molar-refractivity contribution >= 4 is 0 Å². The molecule has 0 aliphatic rings. The van der Waals surface area contributed by atoms with E-state index in [-0.39, 0.29) is 11.0 Å². The van der Waals surface area contributed by atoms with Gasteiger partial charge in [0.05, 0.1) is 12.7 Å². The molecule has 0 unspecified atom stereocenters. The van der Waals surface area contributed by atoms with E-state index >= 15 is 0 Å². The van der Waals surface area contributed by atoms with Gasteiger partial charge in [0, 0.05) is 18.6 Å². The Hall–Kier alpha value is -0.120. The largest absolute Gasteiger partial charge is 0.377 e. The van der Waals surface area contributed by atoms with Crippen LogP contribution in [0.4, 0.5) is 0 Å². The molecule has 0 amide bonds. The molecule has 0 heterocycles. The molecule has 0 radical (unpaired) electrons. The Balaban J connectivity index is 4.00. The first-order valence-corrected chi connectivity index (χ1v) is 6.15. The highest BCUT2D eigenvalue weighted by molar-refractivity contribution is 4.91. The third kappa shape index (κ3) is 5.83. The molecule has 0 aromatic carbocycles. The van der Waals surface area contributed by atoms with E-state index < -0.39 is 0 Å². The van der Waals surface area contributed by atoms with E-state index in [2.05, 4.69) is 53.5 Å². The van der Waals surface area contributed by atoms with Gasteiger partial charge >= 0.3 is 0 Å². The summed E-state index contributed by atoms with van der Waals surface area (Å²) >= 11 is 0. The molecule has 0 rings (SSSR count). The normalized spacial score (nSPS) is 13.9. The Morgan fingerprint density at radius 1 is 1.19 bits per heavy atom. The van der Waals surface area contributed by atoms with Crippen LogP contribution in [-0.4, -0.2) is 43.3 Å². The summed E-state index contributed by atoms with van der Waals surface area (Å²) in [6.45, 7) is 15.5. The van der Waals surface area contributed by atoms with E-state index in [4.69, 9.17) is 10.5 Å². The third-order valence-electron chi connectivity index (χ3n) is 3.33. The standard InChI is InChI=1S/C13H30N2O/c1-11(2)16-9-8-15(7)10-12(3,4)13(5,6)14/h11H,8-10,14H2,1-7H3. The second kappa shape index (κ2) is 5.99. The number of rotatable bonds is 7. The molecule has 98 valence electrons. The fraction of sp³-hybridized carbons (Fsp3) is 1.00. The van der Waals surface area contributed by atoms with Gasteiger partial charge in [-0.05, 0) is 40.2 Å². The van der Waals surface area contributed by atoms with Crippen LogP contribution in [0.25, 0.3) is 0 Å². The fourth-order valence-corrected chi connectivity index (χ4v) is 1.40. The minimum atomic E-state index is -0.167. The minimum absolute atomic E-state index is 0.0968. The van der Waals surface area contributed by atoms with Crippen LogP contribution in [0.1, 0.15) is 41.5 Å². The molecular weight excluding hydrogens is 200 g/mol. The Bertz CT molecular complexity index is 195. The molecule has 0 aliphatic heterocycles. The summed E-state index contributed by atoms with van der Waals surface area (Å²) in [4.78, 5) is 2.29. The van der Waals surface area contributed by atoms with E-state index in [1.807, 2.05) is 0 Å². The lowest BCUT2D eigenvalue weighted by atomic mass is 9.75. The van der Waals surface area contributed by atoms with Crippen molar-refractivity contribution in [3.05, 3.63) is 0 Å². The van der Waals surface area contributed by atoms with E-state index in [1.54, 1.807) is 0 Å². The van der Waals surface area contributed by atoms with Crippen LogP contribution in [0.15, 0.2) is 0 Å². The highest BCUT2D eigenvalue weighted by atomic mass is 16.5. The van der Waals surface area contributed by atoms with Crippen molar-refractivity contribution in [2.24, 2.45) is 11.1 Å². The van der Waals surface area contributed by atoms with Crippen molar-refractivity contribution in [1.29, 1.82) is 0 Å². The monoisotopic (exact) mass is 230 g/mol. The number of hydrogen-bond acceptors (Lipinski definition) is 3. The van der Waals surface area contributed by atoms with Gasteiger partial charge in [0.25, 0.3) is 0 Å². The quantitative estimate of drug-likeness (QED) is 0.728. The van der Waals surface area contributed by atoms with Crippen LogP contribution in [0.2, 0.25) is 0 Å². The molecule has 0 fully saturated rings. The van der Waals surface area contributed by atoms with Crippen LogP contribution in [0.3, 0.4) is 0 Å². The van der Waals surface area contributed by atoms with Crippen molar-refractivity contribution < 1.29 is 4.74 Å². The summed E-state index contributed by atoms with van der Waals surface area (Å²) in [6.07, 6.45) is 0.312. The zero-order valence-electron chi connectivity index (χ0n) is 12.1. The number of likely N-dealkylation sites (N-methyl/N-ethyl adjacent to an activating group) is 1. The Morgan fingerprint density at radius 3 is 2.06 bits per heavy atom. The van der Waals surface area contributed by atoms with Crippen molar-refractivity contribution in [2.75, 3.05) is 26.7 Å². The smallest absolute Gasteiger partial charge is 0.0596 e.